The van der Waals surface area contributed by atoms with Crippen LogP contribution >= 0.6 is 22.6 Å². The number of aryl methyl sites for hydroxylation is 2. The summed E-state index contributed by atoms with van der Waals surface area (Å²) in [5.41, 5.74) is 8.00. The van der Waals surface area contributed by atoms with Gasteiger partial charge in [0.1, 0.15) is 6.61 Å². The molecule has 1 heterocycles. The lowest BCUT2D eigenvalue weighted by molar-refractivity contribution is -0.119. The molecule has 0 saturated carbocycles. The summed E-state index contributed by atoms with van der Waals surface area (Å²) in [4.78, 5) is 30.4. The average molecular weight is 682 g/mol. The Morgan fingerprint density at radius 1 is 0.857 bits per heavy atom. The van der Waals surface area contributed by atoms with Crippen molar-refractivity contribution >= 4 is 34.2 Å². The Bertz CT molecular complexity index is 1440. The van der Waals surface area contributed by atoms with Crippen LogP contribution in [0.5, 0.6) is 11.5 Å². The number of methoxy groups -OCH3 is 1. The highest BCUT2D eigenvalue weighted by Crippen LogP contribution is 2.55. The van der Waals surface area contributed by atoms with Crippen molar-refractivity contribution in [2.24, 2.45) is 10.8 Å². The molecule has 0 N–H and O–H groups in total. The van der Waals surface area contributed by atoms with Crippen molar-refractivity contribution in [1.82, 2.24) is 4.90 Å². The van der Waals surface area contributed by atoms with Crippen molar-refractivity contribution in [1.29, 1.82) is 0 Å². The number of hydrogen-bond donors (Lipinski definition) is 0. The lowest BCUT2D eigenvalue weighted by Gasteiger charge is -2.49. The molecule has 0 radical (unpaired) electrons. The van der Waals surface area contributed by atoms with Gasteiger partial charge in [-0.3, -0.25) is 9.59 Å². The summed E-state index contributed by atoms with van der Waals surface area (Å²) in [5.74, 6) is 1.21. The maximum Gasteiger partial charge on any atom is 0.174 e. The van der Waals surface area contributed by atoms with Gasteiger partial charge in [-0.25, -0.2) is 0 Å². The fourth-order valence-electron chi connectivity index (χ4n) is 7.23. The lowest BCUT2D eigenvalue weighted by Crippen LogP contribution is -2.44. The Labute approximate surface area is 264 Å². The minimum atomic E-state index is -0.397. The second-order valence-corrected chi connectivity index (χ2v) is 15.2. The number of rotatable bonds is 7. The molecule has 5 nitrogen and oxygen atoms in total. The van der Waals surface area contributed by atoms with E-state index in [1.807, 2.05) is 6.07 Å². The van der Waals surface area contributed by atoms with Gasteiger partial charge < -0.3 is 14.4 Å². The number of allylic oxidation sites excluding steroid dienone is 4. The van der Waals surface area contributed by atoms with Crippen molar-refractivity contribution in [3.05, 3.63) is 78.7 Å². The normalized spacial score (nSPS) is 20.1. The van der Waals surface area contributed by atoms with Gasteiger partial charge in [-0.1, -0.05) is 63.9 Å². The van der Waals surface area contributed by atoms with Crippen LogP contribution in [-0.2, 0) is 16.2 Å². The van der Waals surface area contributed by atoms with Crippen molar-refractivity contribution in [2.45, 2.75) is 93.1 Å². The molecule has 42 heavy (non-hydrogen) atoms. The van der Waals surface area contributed by atoms with Crippen LogP contribution in [0.15, 0.2) is 52.9 Å². The molecule has 1 aliphatic heterocycles. The second kappa shape index (κ2) is 11.5. The molecule has 0 amide bonds. The smallest absolute Gasteiger partial charge is 0.174 e. The molecular weight excluding hydrogens is 637 g/mol. The van der Waals surface area contributed by atoms with E-state index in [1.54, 1.807) is 7.11 Å². The predicted octanol–water partition coefficient (Wildman–Crippen LogP) is 8.59. The molecule has 0 fully saturated rings. The molecule has 0 saturated heterocycles. The highest BCUT2D eigenvalue weighted by Gasteiger charge is 2.49. The number of nitrogens with zero attached hydrogens (tertiary/aromatic N) is 1. The first-order valence-electron chi connectivity index (χ1n) is 15.1. The van der Waals surface area contributed by atoms with Crippen LogP contribution in [0.25, 0.3) is 0 Å². The van der Waals surface area contributed by atoms with Gasteiger partial charge in [-0.15, -0.1) is 0 Å². The Hall–Kier alpha value is -2.61. The number of carbonyl (C=O) groups is 2. The number of benzene rings is 2. The summed E-state index contributed by atoms with van der Waals surface area (Å²) in [6, 6.07) is 10.5. The molecule has 6 heteroatoms. The molecule has 0 unspecified atom stereocenters. The van der Waals surface area contributed by atoms with Gasteiger partial charge >= 0.3 is 0 Å². The number of halogens is 1. The van der Waals surface area contributed by atoms with E-state index >= 15 is 0 Å². The SMILES string of the molecule is CCCN1C2=C(C(=O)CC(C)(C)C2)C(c2cc(I)c(OCc3cc(C)cc(C)c3)c(OC)c2)C2=C1CC(C)(C)CC2=O. The van der Waals surface area contributed by atoms with Gasteiger partial charge in [0.25, 0.3) is 0 Å². The highest BCUT2D eigenvalue weighted by molar-refractivity contribution is 14.1. The van der Waals surface area contributed by atoms with Gasteiger partial charge in [0.2, 0.25) is 0 Å². The summed E-state index contributed by atoms with van der Waals surface area (Å²) >= 11 is 2.30. The summed E-state index contributed by atoms with van der Waals surface area (Å²) in [7, 11) is 1.65. The van der Waals surface area contributed by atoms with Crippen LogP contribution in [-0.4, -0.2) is 30.1 Å². The van der Waals surface area contributed by atoms with Crippen LogP contribution in [0.4, 0.5) is 0 Å². The largest absolute Gasteiger partial charge is 0.493 e. The summed E-state index contributed by atoms with van der Waals surface area (Å²) in [6.45, 7) is 16.3. The minimum Gasteiger partial charge on any atom is -0.493 e. The highest BCUT2D eigenvalue weighted by atomic mass is 127. The minimum absolute atomic E-state index is 0.128. The molecule has 3 aliphatic rings. The van der Waals surface area contributed by atoms with Crippen LogP contribution in [0.2, 0.25) is 0 Å². The van der Waals surface area contributed by atoms with Crippen LogP contribution in [0.1, 0.15) is 94.9 Å². The molecule has 5 rings (SSSR count). The van der Waals surface area contributed by atoms with E-state index in [2.05, 4.69) is 100 Å². The van der Waals surface area contributed by atoms with Gasteiger partial charge in [0, 0.05) is 47.8 Å². The molecule has 0 bridgehead atoms. The summed E-state index contributed by atoms with van der Waals surface area (Å²) < 4.78 is 13.2. The first kappa shape index (κ1) is 30.8. The quantitative estimate of drug-likeness (QED) is 0.274. The third-order valence-electron chi connectivity index (χ3n) is 8.72. The van der Waals surface area contributed by atoms with Crippen molar-refractivity contribution in [3.63, 3.8) is 0 Å². The lowest BCUT2D eigenvalue weighted by atomic mass is 9.63. The van der Waals surface area contributed by atoms with Gasteiger partial charge in [-0.2, -0.15) is 0 Å². The number of ketones is 2. The Balaban J connectivity index is 1.65. The number of Topliss-reactive ketones (excluding diaryl/α,β-unsaturated/α-hetero) is 2. The van der Waals surface area contributed by atoms with E-state index in [1.165, 1.54) is 11.1 Å². The fraction of sp³-hybridized carbons (Fsp3) is 0.500. The monoisotopic (exact) mass is 681 g/mol. The van der Waals surface area contributed by atoms with Gasteiger partial charge in [0.15, 0.2) is 23.1 Å². The predicted molar refractivity (Wildman–Crippen MR) is 176 cm³/mol. The average Bonchev–Trinajstić information content (AvgIpc) is 2.86. The molecule has 2 aromatic rings. The van der Waals surface area contributed by atoms with E-state index in [9.17, 15) is 9.59 Å². The van der Waals surface area contributed by atoms with E-state index < -0.39 is 5.92 Å². The third-order valence-corrected chi connectivity index (χ3v) is 9.52. The number of ether oxygens (including phenoxy) is 2. The van der Waals surface area contributed by atoms with Crippen LogP contribution in [0, 0.1) is 28.2 Å². The zero-order valence-electron chi connectivity index (χ0n) is 26.4. The zero-order valence-corrected chi connectivity index (χ0v) is 28.5. The molecule has 0 aromatic heterocycles. The molecule has 224 valence electrons. The van der Waals surface area contributed by atoms with Crippen LogP contribution in [0.3, 0.4) is 0 Å². The maximum atomic E-state index is 14.0. The summed E-state index contributed by atoms with van der Waals surface area (Å²) in [5, 5.41) is 0. The molecular formula is C36H44INO4. The van der Waals surface area contributed by atoms with E-state index in [-0.39, 0.29) is 22.4 Å². The van der Waals surface area contributed by atoms with E-state index in [0.29, 0.717) is 30.9 Å². The fourth-order valence-corrected chi connectivity index (χ4v) is 8.01. The van der Waals surface area contributed by atoms with Gasteiger partial charge in [-0.05, 0) is 89.8 Å². The van der Waals surface area contributed by atoms with Crippen LogP contribution < -0.4 is 9.47 Å². The van der Waals surface area contributed by atoms with Crippen molar-refractivity contribution < 1.29 is 19.1 Å². The topological polar surface area (TPSA) is 55.8 Å². The third kappa shape index (κ3) is 5.93. The Morgan fingerprint density at radius 2 is 1.40 bits per heavy atom. The van der Waals surface area contributed by atoms with Crippen molar-refractivity contribution in [3.8, 4) is 11.5 Å². The first-order chi connectivity index (χ1) is 19.7. The molecule has 2 aliphatic carbocycles. The van der Waals surface area contributed by atoms with E-state index in [0.717, 1.165) is 63.0 Å². The molecule has 0 atom stereocenters. The maximum absolute atomic E-state index is 14.0. The number of carbonyl (C=O) groups excluding carboxylic acids is 2. The zero-order chi connectivity index (χ0) is 30.6. The summed E-state index contributed by atoms with van der Waals surface area (Å²) in [6.07, 6.45) is 3.55. The van der Waals surface area contributed by atoms with Gasteiger partial charge in [0.05, 0.1) is 10.7 Å². The molecule has 0 spiro atoms. The first-order valence-corrected chi connectivity index (χ1v) is 16.2. The Kier molecular flexibility index (Phi) is 8.42. The van der Waals surface area contributed by atoms with E-state index in [4.69, 9.17) is 9.47 Å². The van der Waals surface area contributed by atoms with Crippen molar-refractivity contribution in [2.75, 3.05) is 13.7 Å². The standard InChI is InChI=1S/C36H44INO4/c1-9-10-38-26-16-35(4,5)18-28(39)32(26)31(33-27(38)17-36(6,7)19-29(33)40)24-14-25(37)34(30(15-24)41-8)42-20-23-12-21(2)11-22(3)13-23/h11-15,31H,9-10,16-20H2,1-8H3. The number of hydrogen-bond acceptors (Lipinski definition) is 5. The Morgan fingerprint density at radius 3 is 1.90 bits per heavy atom. The molecule has 2 aromatic carbocycles. The second-order valence-electron chi connectivity index (χ2n) is 14.0.